The van der Waals surface area contributed by atoms with Crippen LogP contribution in [0.4, 0.5) is 9.93 Å². The number of carbonyl (C=O) groups is 1. The molecule has 0 aliphatic heterocycles. The fraction of sp³-hybridized carbons (Fsp3) is 0.455. The molecule has 0 atom stereocenters. The largest absolute Gasteiger partial charge is 0.324 e. The molecule has 16 heavy (non-hydrogen) atoms. The predicted octanol–water partition coefficient (Wildman–Crippen LogP) is 2.63. The van der Waals surface area contributed by atoms with E-state index in [4.69, 9.17) is 0 Å². The summed E-state index contributed by atoms with van der Waals surface area (Å²) >= 11 is 1.45. The van der Waals surface area contributed by atoms with E-state index in [-0.39, 0.29) is 6.03 Å². The summed E-state index contributed by atoms with van der Waals surface area (Å²) in [4.78, 5) is 17.9. The number of nitrogens with one attached hydrogen (secondary N) is 1. The van der Waals surface area contributed by atoms with Crippen molar-refractivity contribution < 1.29 is 4.79 Å². The molecule has 0 unspecified atom stereocenters. The van der Waals surface area contributed by atoms with Crippen LogP contribution in [0.3, 0.4) is 0 Å². The fourth-order valence-corrected chi connectivity index (χ4v) is 2.18. The van der Waals surface area contributed by atoms with E-state index in [0.717, 1.165) is 18.5 Å². The number of hydrogen-bond acceptors (Lipinski definition) is 3. The second-order valence-electron chi connectivity index (χ2n) is 3.90. The van der Waals surface area contributed by atoms with Gasteiger partial charge < -0.3 is 4.90 Å². The summed E-state index contributed by atoms with van der Waals surface area (Å²) in [5.74, 6) is 0. The van der Waals surface area contributed by atoms with E-state index < -0.39 is 0 Å². The van der Waals surface area contributed by atoms with Crippen molar-refractivity contribution in [3.8, 4) is 0 Å². The van der Waals surface area contributed by atoms with Gasteiger partial charge in [-0.25, -0.2) is 9.78 Å². The van der Waals surface area contributed by atoms with Crippen molar-refractivity contribution in [1.29, 1.82) is 0 Å². The van der Waals surface area contributed by atoms with Crippen molar-refractivity contribution in [3.63, 3.8) is 0 Å². The highest BCUT2D eigenvalue weighted by atomic mass is 32.1. The van der Waals surface area contributed by atoms with Crippen molar-refractivity contribution in [2.45, 2.75) is 25.8 Å². The number of anilines is 1. The summed E-state index contributed by atoms with van der Waals surface area (Å²) in [7, 11) is 0. The highest BCUT2D eigenvalue weighted by molar-refractivity contribution is 7.13. The lowest BCUT2D eigenvalue weighted by atomic mass is 10.5. The molecule has 0 saturated heterocycles. The number of aryl methyl sites for hydroxylation is 1. The third-order valence-electron chi connectivity index (χ3n) is 2.41. The van der Waals surface area contributed by atoms with E-state index in [0.29, 0.717) is 17.7 Å². The molecule has 0 spiro atoms. The molecule has 1 heterocycles. The molecule has 2 amide bonds. The SMILES string of the molecule is C=CCN(C(=O)Nc1nc(C)cs1)C1CC1. The monoisotopic (exact) mass is 237 g/mol. The molecule has 1 fully saturated rings. The van der Waals surface area contributed by atoms with Gasteiger partial charge in [-0.15, -0.1) is 17.9 Å². The summed E-state index contributed by atoms with van der Waals surface area (Å²) in [6, 6.07) is 0.316. The van der Waals surface area contributed by atoms with Crippen molar-refractivity contribution in [2.75, 3.05) is 11.9 Å². The average molecular weight is 237 g/mol. The van der Waals surface area contributed by atoms with Gasteiger partial charge in [-0.2, -0.15) is 0 Å². The maximum Gasteiger partial charge on any atom is 0.324 e. The number of urea groups is 1. The van der Waals surface area contributed by atoms with Gasteiger partial charge in [0, 0.05) is 18.0 Å². The van der Waals surface area contributed by atoms with Crippen LogP contribution in [-0.2, 0) is 0 Å². The molecule has 0 bridgehead atoms. The minimum atomic E-state index is -0.0725. The van der Waals surface area contributed by atoms with Crippen LogP contribution in [0, 0.1) is 6.92 Å². The molecule has 86 valence electrons. The van der Waals surface area contributed by atoms with Crippen LogP contribution in [0.15, 0.2) is 18.0 Å². The summed E-state index contributed by atoms with van der Waals surface area (Å²) in [5, 5.41) is 5.40. The molecule has 1 aromatic heterocycles. The predicted molar refractivity (Wildman–Crippen MR) is 65.8 cm³/mol. The Morgan fingerprint density at radius 1 is 1.81 bits per heavy atom. The number of rotatable bonds is 4. The topological polar surface area (TPSA) is 45.2 Å². The molecule has 0 radical (unpaired) electrons. The van der Waals surface area contributed by atoms with Gasteiger partial charge in [-0.1, -0.05) is 6.08 Å². The Morgan fingerprint density at radius 3 is 3.06 bits per heavy atom. The second-order valence-corrected chi connectivity index (χ2v) is 4.75. The minimum Gasteiger partial charge on any atom is -0.318 e. The number of aromatic nitrogens is 1. The van der Waals surface area contributed by atoms with Crippen molar-refractivity contribution >= 4 is 22.5 Å². The molecular formula is C11H15N3OS. The third-order valence-corrected chi connectivity index (χ3v) is 3.28. The molecule has 1 N–H and O–H groups in total. The van der Waals surface area contributed by atoms with Crippen LogP contribution >= 0.6 is 11.3 Å². The second kappa shape index (κ2) is 4.65. The van der Waals surface area contributed by atoms with E-state index in [9.17, 15) is 4.79 Å². The smallest absolute Gasteiger partial charge is 0.318 e. The fourth-order valence-electron chi connectivity index (χ4n) is 1.50. The summed E-state index contributed by atoms with van der Waals surface area (Å²) in [6.07, 6.45) is 3.95. The Hall–Kier alpha value is -1.36. The Bertz CT molecular complexity index is 398. The van der Waals surface area contributed by atoms with Crippen LogP contribution in [0.5, 0.6) is 0 Å². The molecule has 1 saturated carbocycles. The number of hydrogen-bond donors (Lipinski definition) is 1. The average Bonchev–Trinajstić information content (AvgIpc) is 3.00. The van der Waals surface area contributed by atoms with Crippen LogP contribution in [0.1, 0.15) is 18.5 Å². The first-order valence-corrected chi connectivity index (χ1v) is 6.19. The maximum atomic E-state index is 11.9. The maximum absolute atomic E-state index is 11.9. The molecule has 5 heteroatoms. The zero-order chi connectivity index (χ0) is 11.5. The lowest BCUT2D eigenvalue weighted by molar-refractivity contribution is 0.215. The molecule has 1 aromatic rings. The van der Waals surface area contributed by atoms with Gasteiger partial charge >= 0.3 is 6.03 Å². The summed E-state index contributed by atoms with van der Waals surface area (Å²) in [5.41, 5.74) is 0.932. The zero-order valence-corrected chi connectivity index (χ0v) is 10.1. The Kier molecular flexibility index (Phi) is 3.24. The van der Waals surface area contributed by atoms with E-state index in [2.05, 4.69) is 16.9 Å². The highest BCUT2D eigenvalue weighted by Crippen LogP contribution is 2.27. The zero-order valence-electron chi connectivity index (χ0n) is 9.27. The molecule has 1 aliphatic rings. The van der Waals surface area contributed by atoms with Gasteiger partial charge in [-0.05, 0) is 19.8 Å². The molecule has 2 rings (SSSR count). The van der Waals surface area contributed by atoms with E-state index in [1.807, 2.05) is 17.2 Å². The van der Waals surface area contributed by atoms with Crippen molar-refractivity contribution in [2.24, 2.45) is 0 Å². The van der Waals surface area contributed by atoms with Crippen LogP contribution in [0.25, 0.3) is 0 Å². The van der Waals surface area contributed by atoms with Crippen molar-refractivity contribution in [3.05, 3.63) is 23.7 Å². The standard InChI is InChI=1S/C11H15N3OS/c1-3-6-14(9-4-5-9)11(15)13-10-12-8(2)7-16-10/h3,7,9H,1,4-6H2,2H3,(H,12,13,15). The number of amides is 2. The molecule has 0 aromatic carbocycles. The molecular weight excluding hydrogens is 222 g/mol. The normalized spacial score (nSPS) is 14.6. The van der Waals surface area contributed by atoms with Gasteiger partial charge in [0.25, 0.3) is 0 Å². The first-order chi connectivity index (χ1) is 7.70. The third kappa shape index (κ3) is 2.61. The first-order valence-electron chi connectivity index (χ1n) is 5.31. The number of thiazole rings is 1. The molecule has 1 aliphatic carbocycles. The quantitative estimate of drug-likeness (QED) is 0.818. The summed E-state index contributed by atoms with van der Waals surface area (Å²) < 4.78 is 0. The Labute approximate surface area is 99.0 Å². The van der Waals surface area contributed by atoms with E-state index in [1.54, 1.807) is 6.08 Å². The number of carbonyl (C=O) groups excluding carboxylic acids is 1. The van der Waals surface area contributed by atoms with Gasteiger partial charge in [0.2, 0.25) is 0 Å². The first kappa shape index (κ1) is 11.1. The summed E-state index contributed by atoms with van der Waals surface area (Å²) in [6.45, 7) is 6.18. The van der Waals surface area contributed by atoms with E-state index in [1.165, 1.54) is 11.3 Å². The van der Waals surface area contributed by atoms with Crippen molar-refractivity contribution in [1.82, 2.24) is 9.88 Å². The van der Waals surface area contributed by atoms with Gasteiger partial charge in [0.05, 0.1) is 5.69 Å². The lowest BCUT2D eigenvalue weighted by Gasteiger charge is -2.20. The van der Waals surface area contributed by atoms with Crippen LogP contribution < -0.4 is 5.32 Å². The lowest BCUT2D eigenvalue weighted by Crippen LogP contribution is -2.36. The highest BCUT2D eigenvalue weighted by Gasteiger charge is 2.31. The Balaban J connectivity index is 1.97. The van der Waals surface area contributed by atoms with Gasteiger partial charge in [0.1, 0.15) is 0 Å². The molecule has 4 nitrogen and oxygen atoms in total. The minimum absolute atomic E-state index is 0.0725. The number of nitrogens with zero attached hydrogens (tertiary/aromatic N) is 2. The van der Waals surface area contributed by atoms with Gasteiger partial charge in [-0.3, -0.25) is 5.32 Å². The van der Waals surface area contributed by atoms with E-state index >= 15 is 0 Å². The van der Waals surface area contributed by atoms with Crippen LogP contribution in [0.2, 0.25) is 0 Å². The van der Waals surface area contributed by atoms with Gasteiger partial charge in [0.15, 0.2) is 5.13 Å². The van der Waals surface area contributed by atoms with Crippen LogP contribution in [-0.4, -0.2) is 28.5 Å². The Morgan fingerprint density at radius 2 is 2.56 bits per heavy atom.